The molecule has 110 valence electrons. The zero-order valence-corrected chi connectivity index (χ0v) is 11.8. The van der Waals surface area contributed by atoms with Crippen LogP contribution in [0.2, 0.25) is 0 Å². The van der Waals surface area contributed by atoms with Crippen molar-refractivity contribution in [3.8, 4) is 11.5 Å². The van der Waals surface area contributed by atoms with E-state index in [2.05, 4.69) is 0 Å². The summed E-state index contributed by atoms with van der Waals surface area (Å²) in [6.45, 7) is 2.51. The predicted octanol–water partition coefficient (Wildman–Crippen LogP) is 3.78. The molecule has 0 fully saturated rings. The van der Waals surface area contributed by atoms with Gasteiger partial charge in [-0.3, -0.25) is 0 Å². The molecular weight excluding hydrogens is 271 g/mol. The summed E-state index contributed by atoms with van der Waals surface area (Å²) in [6, 6.07) is 11.8. The fraction of sp³-hybridized carbons (Fsp3) is 0.294. The Morgan fingerprint density at radius 2 is 2.14 bits per heavy atom. The van der Waals surface area contributed by atoms with Gasteiger partial charge >= 0.3 is 0 Å². The third-order valence-electron chi connectivity index (χ3n) is 3.58. The van der Waals surface area contributed by atoms with E-state index in [-0.39, 0.29) is 11.9 Å². The first-order chi connectivity index (χ1) is 10.2. The van der Waals surface area contributed by atoms with Crippen LogP contribution in [0.5, 0.6) is 11.5 Å². The number of aliphatic hydroxyl groups excluding tert-OH is 1. The third kappa shape index (κ3) is 2.85. The van der Waals surface area contributed by atoms with E-state index in [0.717, 1.165) is 11.3 Å². The Bertz CT molecular complexity index is 642. The number of benzene rings is 2. The van der Waals surface area contributed by atoms with Crippen molar-refractivity contribution in [2.75, 3.05) is 6.61 Å². The summed E-state index contributed by atoms with van der Waals surface area (Å²) in [4.78, 5) is 0. The van der Waals surface area contributed by atoms with Crippen molar-refractivity contribution in [2.45, 2.75) is 25.6 Å². The molecule has 1 aliphatic rings. The lowest BCUT2D eigenvalue weighted by molar-refractivity contribution is 0.0652. The van der Waals surface area contributed by atoms with Crippen LogP contribution in [-0.2, 0) is 0 Å². The van der Waals surface area contributed by atoms with E-state index < -0.39 is 6.10 Å². The lowest BCUT2D eigenvalue weighted by Crippen LogP contribution is -2.19. The van der Waals surface area contributed by atoms with Gasteiger partial charge in [-0.05, 0) is 36.8 Å². The van der Waals surface area contributed by atoms with Crippen molar-refractivity contribution < 1.29 is 19.0 Å². The normalized spacial score (nSPS) is 20.5. The first-order valence-corrected chi connectivity index (χ1v) is 7.04. The largest absolute Gasteiger partial charge is 0.494 e. The Balaban J connectivity index is 1.89. The summed E-state index contributed by atoms with van der Waals surface area (Å²) >= 11 is 0. The highest BCUT2D eigenvalue weighted by Gasteiger charge is 2.28. The highest BCUT2D eigenvalue weighted by atomic mass is 19.1. The lowest BCUT2D eigenvalue weighted by Gasteiger charge is -2.30. The smallest absolute Gasteiger partial charge is 0.128 e. The maximum atomic E-state index is 13.3. The average molecular weight is 288 g/mol. The van der Waals surface area contributed by atoms with E-state index in [1.165, 1.54) is 12.1 Å². The highest BCUT2D eigenvalue weighted by Crippen LogP contribution is 2.41. The molecule has 4 heteroatoms. The molecule has 0 saturated heterocycles. The monoisotopic (exact) mass is 288 g/mol. The SMILES string of the molecule is CCOc1cccc(C2C[C@@H](O)c3ccc(F)cc3O2)c1. The van der Waals surface area contributed by atoms with Gasteiger partial charge in [-0.25, -0.2) is 4.39 Å². The van der Waals surface area contributed by atoms with Crippen LogP contribution in [-0.4, -0.2) is 11.7 Å². The zero-order chi connectivity index (χ0) is 14.8. The maximum absolute atomic E-state index is 13.3. The van der Waals surface area contributed by atoms with E-state index in [9.17, 15) is 9.50 Å². The van der Waals surface area contributed by atoms with Crippen LogP contribution in [0.15, 0.2) is 42.5 Å². The summed E-state index contributed by atoms with van der Waals surface area (Å²) < 4.78 is 24.7. The van der Waals surface area contributed by atoms with Crippen molar-refractivity contribution in [1.82, 2.24) is 0 Å². The molecule has 0 bridgehead atoms. The van der Waals surface area contributed by atoms with Crippen molar-refractivity contribution in [3.05, 3.63) is 59.4 Å². The van der Waals surface area contributed by atoms with Crippen LogP contribution in [0.1, 0.15) is 36.7 Å². The minimum atomic E-state index is -0.657. The molecule has 0 aromatic heterocycles. The van der Waals surface area contributed by atoms with Gasteiger partial charge in [0, 0.05) is 18.1 Å². The molecule has 0 spiro atoms. The summed E-state index contributed by atoms with van der Waals surface area (Å²) in [5.74, 6) is 0.795. The van der Waals surface area contributed by atoms with Gasteiger partial charge in [0.25, 0.3) is 0 Å². The molecule has 1 N–H and O–H groups in total. The van der Waals surface area contributed by atoms with E-state index >= 15 is 0 Å². The molecule has 3 rings (SSSR count). The molecule has 1 heterocycles. The van der Waals surface area contributed by atoms with Gasteiger partial charge in [0.1, 0.15) is 23.4 Å². The first kappa shape index (κ1) is 13.9. The van der Waals surface area contributed by atoms with Crippen LogP contribution >= 0.6 is 0 Å². The van der Waals surface area contributed by atoms with E-state index in [0.29, 0.717) is 24.3 Å². The summed E-state index contributed by atoms with van der Waals surface area (Å²) in [6.07, 6.45) is -0.529. The van der Waals surface area contributed by atoms with Gasteiger partial charge in [-0.2, -0.15) is 0 Å². The van der Waals surface area contributed by atoms with E-state index in [1.807, 2.05) is 31.2 Å². The zero-order valence-electron chi connectivity index (χ0n) is 11.8. The third-order valence-corrected chi connectivity index (χ3v) is 3.58. The van der Waals surface area contributed by atoms with Gasteiger partial charge in [0.05, 0.1) is 12.7 Å². The fourth-order valence-electron chi connectivity index (χ4n) is 2.59. The number of ether oxygens (including phenoxy) is 2. The van der Waals surface area contributed by atoms with Crippen LogP contribution in [0, 0.1) is 5.82 Å². The second kappa shape index (κ2) is 5.74. The van der Waals surface area contributed by atoms with Crippen molar-refractivity contribution in [1.29, 1.82) is 0 Å². The summed E-state index contributed by atoms with van der Waals surface area (Å²) in [5, 5.41) is 10.2. The van der Waals surface area contributed by atoms with Crippen LogP contribution in [0.3, 0.4) is 0 Å². The van der Waals surface area contributed by atoms with Crippen LogP contribution < -0.4 is 9.47 Å². The van der Waals surface area contributed by atoms with Gasteiger partial charge in [0.15, 0.2) is 0 Å². The minimum absolute atomic E-state index is 0.310. The predicted molar refractivity (Wildman–Crippen MR) is 77.0 cm³/mol. The second-order valence-electron chi connectivity index (χ2n) is 5.05. The van der Waals surface area contributed by atoms with E-state index in [4.69, 9.17) is 9.47 Å². The molecule has 1 unspecified atom stereocenters. The second-order valence-corrected chi connectivity index (χ2v) is 5.05. The van der Waals surface area contributed by atoms with Gasteiger partial charge in [-0.1, -0.05) is 12.1 Å². The molecular formula is C17H17FO3. The van der Waals surface area contributed by atoms with Crippen LogP contribution in [0.4, 0.5) is 4.39 Å². The molecule has 2 aromatic rings. The fourth-order valence-corrected chi connectivity index (χ4v) is 2.59. The Morgan fingerprint density at radius 1 is 1.29 bits per heavy atom. The Kier molecular flexibility index (Phi) is 3.80. The quantitative estimate of drug-likeness (QED) is 0.934. The number of rotatable bonds is 3. The number of hydrogen-bond donors (Lipinski definition) is 1. The molecule has 3 nitrogen and oxygen atoms in total. The van der Waals surface area contributed by atoms with Crippen molar-refractivity contribution in [3.63, 3.8) is 0 Å². The Hall–Kier alpha value is -2.07. The number of hydrogen-bond acceptors (Lipinski definition) is 3. The lowest BCUT2D eigenvalue weighted by atomic mass is 9.95. The molecule has 2 atom stereocenters. The average Bonchev–Trinajstić information content (AvgIpc) is 2.47. The molecule has 2 aromatic carbocycles. The number of aliphatic hydroxyl groups is 1. The van der Waals surface area contributed by atoms with Crippen molar-refractivity contribution >= 4 is 0 Å². The molecule has 0 radical (unpaired) electrons. The minimum Gasteiger partial charge on any atom is -0.494 e. The number of halogens is 1. The molecule has 1 aliphatic heterocycles. The van der Waals surface area contributed by atoms with E-state index in [1.54, 1.807) is 6.07 Å². The highest BCUT2D eigenvalue weighted by molar-refractivity contribution is 5.40. The topological polar surface area (TPSA) is 38.7 Å². The van der Waals surface area contributed by atoms with Gasteiger partial charge < -0.3 is 14.6 Å². The molecule has 0 aliphatic carbocycles. The molecule has 0 amide bonds. The first-order valence-electron chi connectivity index (χ1n) is 7.04. The summed E-state index contributed by atoms with van der Waals surface area (Å²) in [5.41, 5.74) is 1.54. The van der Waals surface area contributed by atoms with Gasteiger partial charge in [0.2, 0.25) is 0 Å². The standard InChI is InChI=1S/C17H17FO3/c1-2-20-13-5-3-4-11(8-13)16-10-15(19)14-7-6-12(18)9-17(14)21-16/h3-9,15-16,19H,2,10H2,1H3/t15-,16?/m1/s1. The maximum Gasteiger partial charge on any atom is 0.128 e. The molecule has 0 saturated carbocycles. The summed E-state index contributed by atoms with van der Waals surface area (Å²) in [7, 11) is 0. The van der Waals surface area contributed by atoms with Crippen LogP contribution in [0.25, 0.3) is 0 Å². The number of fused-ring (bicyclic) bond motifs is 1. The Labute approximate surface area is 122 Å². The van der Waals surface area contributed by atoms with Gasteiger partial charge in [-0.15, -0.1) is 0 Å². The van der Waals surface area contributed by atoms with Crippen molar-refractivity contribution in [2.24, 2.45) is 0 Å². The molecule has 21 heavy (non-hydrogen) atoms. The Morgan fingerprint density at radius 3 is 2.95 bits per heavy atom.